The second-order valence-electron chi connectivity index (χ2n) is 5.67. The molecule has 4 nitrogen and oxygen atoms in total. The third kappa shape index (κ3) is 3.87. The zero-order valence-corrected chi connectivity index (χ0v) is 14.4. The molecule has 1 fully saturated rings. The Kier molecular flexibility index (Phi) is 5.10. The summed E-state index contributed by atoms with van der Waals surface area (Å²) in [6.45, 7) is 4.06. The number of hydrogen-bond acceptors (Lipinski definition) is 5. The topological polar surface area (TPSA) is 45.2 Å². The molecule has 1 saturated heterocycles. The standard InChI is InChI=1S/C16H21N3OS2/c1-12-6-10-21-14(12)2-3-15(20)18-13-4-8-19(9-5-13)16-17-7-11-22-16/h6-7,10-11,13H,2-5,8-9H2,1H3,(H,18,20). The molecule has 0 bridgehead atoms. The number of carbonyl (C=O) groups excluding carboxylic acids is 1. The van der Waals surface area contributed by atoms with Crippen molar-refractivity contribution >= 4 is 33.7 Å². The number of amides is 1. The highest BCUT2D eigenvalue weighted by molar-refractivity contribution is 7.13. The number of thiazole rings is 1. The van der Waals surface area contributed by atoms with E-state index < -0.39 is 0 Å². The summed E-state index contributed by atoms with van der Waals surface area (Å²) in [5, 5.41) is 8.39. The highest BCUT2D eigenvalue weighted by atomic mass is 32.1. The molecule has 2 aromatic rings. The number of hydrogen-bond donors (Lipinski definition) is 1. The van der Waals surface area contributed by atoms with Crippen molar-refractivity contribution in [3.05, 3.63) is 33.5 Å². The van der Waals surface area contributed by atoms with Crippen LogP contribution in [0.5, 0.6) is 0 Å². The van der Waals surface area contributed by atoms with Crippen LogP contribution < -0.4 is 10.2 Å². The van der Waals surface area contributed by atoms with Gasteiger partial charge in [0.1, 0.15) is 0 Å². The fraction of sp³-hybridized carbons (Fsp3) is 0.500. The van der Waals surface area contributed by atoms with E-state index in [1.807, 2.05) is 11.6 Å². The second-order valence-corrected chi connectivity index (χ2v) is 7.54. The molecule has 6 heteroatoms. The Morgan fingerprint density at radius 3 is 2.82 bits per heavy atom. The molecule has 0 spiro atoms. The van der Waals surface area contributed by atoms with Crippen LogP contribution in [0.15, 0.2) is 23.0 Å². The first-order chi connectivity index (χ1) is 10.7. The maximum atomic E-state index is 12.1. The number of carbonyl (C=O) groups is 1. The van der Waals surface area contributed by atoms with Crippen LogP contribution in [0.4, 0.5) is 5.13 Å². The van der Waals surface area contributed by atoms with Gasteiger partial charge in [-0.15, -0.1) is 22.7 Å². The largest absolute Gasteiger partial charge is 0.353 e. The Hall–Kier alpha value is -1.40. The van der Waals surface area contributed by atoms with E-state index in [1.165, 1.54) is 10.4 Å². The molecule has 0 aliphatic carbocycles. The van der Waals surface area contributed by atoms with Crippen molar-refractivity contribution in [2.75, 3.05) is 18.0 Å². The lowest BCUT2D eigenvalue weighted by molar-refractivity contribution is -0.121. The van der Waals surface area contributed by atoms with Crippen molar-refractivity contribution in [1.82, 2.24) is 10.3 Å². The van der Waals surface area contributed by atoms with Gasteiger partial charge in [-0.2, -0.15) is 0 Å². The summed E-state index contributed by atoms with van der Waals surface area (Å²) < 4.78 is 0. The number of aromatic nitrogens is 1. The first-order valence-corrected chi connectivity index (χ1v) is 9.45. The summed E-state index contributed by atoms with van der Waals surface area (Å²) in [4.78, 5) is 20.1. The van der Waals surface area contributed by atoms with Gasteiger partial charge < -0.3 is 10.2 Å². The van der Waals surface area contributed by atoms with E-state index in [9.17, 15) is 4.79 Å². The lowest BCUT2D eigenvalue weighted by atomic mass is 10.1. The van der Waals surface area contributed by atoms with E-state index in [0.29, 0.717) is 12.5 Å². The van der Waals surface area contributed by atoms with Gasteiger partial charge in [0, 0.05) is 42.0 Å². The lowest BCUT2D eigenvalue weighted by Crippen LogP contribution is -2.44. The predicted molar refractivity (Wildman–Crippen MR) is 92.9 cm³/mol. The fourth-order valence-corrected chi connectivity index (χ4v) is 4.38. The molecule has 1 N–H and O–H groups in total. The molecule has 1 aliphatic heterocycles. The maximum absolute atomic E-state index is 12.1. The first-order valence-electron chi connectivity index (χ1n) is 7.69. The molecule has 0 atom stereocenters. The SMILES string of the molecule is Cc1ccsc1CCC(=O)NC1CCN(c2nccs2)CC1. The molecular formula is C16H21N3OS2. The highest BCUT2D eigenvalue weighted by Crippen LogP contribution is 2.22. The van der Waals surface area contributed by atoms with E-state index >= 15 is 0 Å². The smallest absolute Gasteiger partial charge is 0.220 e. The van der Waals surface area contributed by atoms with Gasteiger partial charge >= 0.3 is 0 Å². The molecule has 0 radical (unpaired) electrons. The minimum atomic E-state index is 0.181. The Morgan fingerprint density at radius 2 is 2.18 bits per heavy atom. The molecule has 0 unspecified atom stereocenters. The summed E-state index contributed by atoms with van der Waals surface area (Å²) in [6, 6.07) is 2.43. The normalized spacial score (nSPS) is 16.0. The number of thiophene rings is 1. The van der Waals surface area contributed by atoms with Crippen molar-refractivity contribution in [2.45, 2.75) is 38.6 Å². The fourth-order valence-electron chi connectivity index (χ4n) is 2.77. The molecule has 1 amide bonds. The van der Waals surface area contributed by atoms with Crippen LogP contribution in [0.2, 0.25) is 0 Å². The van der Waals surface area contributed by atoms with Crippen molar-refractivity contribution in [3.63, 3.8) is 0 Å². The van der Waals surface area contributed by atoms with Crippen molar-refractivity contribution in [3.8, 4) is 0 Å². The minimum absolute atomic E-state index is 0.181. The van der Waals surface area contributed by atoms with Crippen molar-refractivity contribution in [1.29, 1.82) is 0 Å². The molecule has 3 rings (SSSR count). The van der Waals surface area contributed by atoms with E-state index in [1.54, 1.807) is 22.7 Å². The van der Waals surface area contributed by atoms with Gasteiger partial charge in [-0.05, 0) is 43.2 Å². The molecule has 0 saturated carbocycles. The van der Waals surface area contributed by atoms with E-state index in [2.05, 4.69) is 33.6 Å². The molecule has 22 heavy (non-hydrogen) atoms. The Labute approximate surface area is 139 Å². The van der Waals surface area contributed by atoms with Gasteiger partial charge in [0.15, 0.2) is 5.13 Å². The third-order valence-electron chi connectivity index (χ3n) is 4.10. The summed E-state index contributed by atoms with van der Waals surface area (Å²) in [6.07, 6.45) is 5.30. The predicted octanol–water partition coefficient (Wildman–Crippen LogP) is 3.23. The van der Waals surface area contributed by atoms with Gasteiger partial charge in [-0.3, -0.25) is 4.79 Å². The highest BCUT2D eigenvalue weighted by Gasteiger charge is 2.21. The molecular weight excluding hydrogens is 314 g/mol. The monoisotopic (exact) mass is 335 g/mol. The van der Waals surface area contributed by atoms with Crippen molar-refractivity contribution in [2.24, 2.45) is 0 Å². The second kappa shape index (κ2) is 7.24. The van der Waals surface area contributed by atoms with Gasteiger partial charge in [0.05, 0.1) is 0 Å². The molecule has 1 aliphatic rings. The summed E-state index contributed by atoms with van der Waals surface area (Å²) >= 11 is 3.43. The Balaban J connectivity index is 1.41. The van der Waals surface area contributed by atoms with Crippen LogP contribution >= 0.6 is 22.7 Å². The van der Waals surface area contributed by atoms with Crippen LogP contribution in [0, 0.1) is 6.92 Å². The summed E-state index contributed by atoms with van der Waals surface area (Å²) in [5.41, 5.74) is 1.30. The number of rotatable bonds is 5. The number of aryl methyl sites for hydroxylation is 2. The zero-order valence-electron chi connectivity index (χ0n) is 12.7. The van der Waals surface area contributed by atoms with E-state index in [-0.39, 0.29) is 5.91 Å². The molecule has 118 valence electrons. The first kappa shape index (κ1) is 15.5. The van der Waals surface area contributed by atoms with Crippen LogP contribution in [0.1, 0.15) is 29.7 Å². The summed E-state index contributed by atoms with van der Waals surface area (Å²) in [5.74, 6) is 0.181. The van der Waals surface area contributed by atoms with Gasteiger partial charge in [0.2, 0.25) is 5.91 Å². The number of anilines is 1. The number of nitrogens with one attached hydrogen (secondary N) is 1. The van der Waals surface area contributed by atoms with Gasteiger partial charge in [-0.1, -0.05) is 0 Å². The minimum Gasteiger partial charge on any atom is -0.353 e. The average Bonchev–Trinajstić information content (AvgIpc) is 3.18. The number of piperidine rings is 1. The van der Waals surface area contributed by atoms with Gasteiger partial charge in [0.25, 0.3) is 0 Å². The average molecular weight is 335 g/mol. The third-order valence-corrected chi connectivity index (χ3v) is 6.01. The Morgan fingerprint density at radius 1 is 1.36 bits per heavy atom. The molecule has 0 aromatic carbocycles. The summed E-state index contributed by atoms with van der Waals surface area (Å²) in [7, 11) is 0. The van der Waals surface area contributed by atoms with E-state index in [4.69, 9.17) is 0 Å². The lowest BCUT2D eigenvalue weighted by Gasteiger charge is -2.32. The van der Waals surface area contributed by atoms with Crippen molar-refractivity contribution < 1.29 is 4.79 Å². The Bertz CT molecular complexity index is 601. The van der Waals surface area contributed by atoms with E-state index in [0.717, 1.165) is 37.5 Å². The van der Waals surface area contributed by atoms with Crippen LogP contribution in [0.3, 0.4) is 0 Å². The van der Waals surface area contributed by atoms with Crippen LogP contribution in [0.25, 0.3) is 0 Å². The van der Waals surface area contributed by atoms with Crippen LogP contribution in [-0.2, 0) is 11.2 Å². The van der Waals surface area contributed by atoms with Gasteiger partial charge in [-0.25, -0.2) is 4.98 Å². The molecule has 3 heterocycles. The number of nitrogens with zero attached hydrogens (tertiary/aromatic N) is 2. The maximum Gasteiger partial charge on any atom is 0.220 e. The van der Waals surface area contributed by atoms with Crippen LogP contribution in [-0.4, -0.2) is 30.0 Å². The molecule has 2 aromatic heterocycles. The quantitative estimate of drug-likeness (QED) is 0.912. The zero-order chi connectivity index (χ0) is 15.4.